The molecule has 0 radical (unpaired) electrons. The molecule has 8 nitrogen and oxygen atoms in total. The number of carbonyl (C=O) groups is 1. The van der Waals surface area contributed by atoms with Crippen molar-refractivity contribution in [3.8, 4) is 11.5 Å². The van der Waals surface area contributed by atoms with Crippen LogP contribution in [0.3, 0.4) is 0 Å². The Balaban J connectivity index is 2.04. The Morgan fingerprint density at radius 1 is 1.07 bits per heavy atom. The quantitative estimate of drug-likeness (QED) is 0.574. The van der Waals surface area contributed by atoms with Crippen LogP contribution in [0.4, 0.5) is 5.69 Å². The first-order valence-electron chi connectivity index (χ1n) is 7.85. The Labute approximate surface area is 158 Å². The van der Waals surface area contributed by atoms with Crippen molar-refractivity contribution in [2.75, 3.05) is 31.8 Å². The van der Waals surface area contributed by atoms with Crippen LogP contribution in [0.5, 0.6) is 11.5 Å². The van der Waals surface area contributed by atoms with Crippen molar-refractivity contribution in [3.05, 3.63) is 53.6 Å². The SMILES string of the molecule is COc1ccc(/C=N\NC(=O)c2ccc(N(C)S(C)(=O)=O)cc2)cc1OC. The van der Waals surface area contributed by atoms with E-state index in [-0.39, 0.29) is 0 Å². The lowest BCUT2D eigenvalue weighted by Gasteiger charge is -2.16. The molecule has 0 unspecified atom stereocenters. The molecular weight excluding hydrogens is 370 g/mol. The van der Waals surface area contributed by atoms with Crippen molar-refractivity contribution >= 4 is 27.8 Å². The highest BCUT2D eigenvalue weighted by Gasteiger charge is 2.12. The maximum Gasteiger partial charge on any atom is 0.271 e. The van der Waals surface area contributed by atoms with Crippen molar-refractivity contribution in [1.82, 2.24) is 5.43 Å². The number of carbonyl (C=O) groups excluding carboxylic acids is 1. The highest BCUT2D eigenvalue weighted by atomic mass is 32.2. The first kappa shape index (κ1) is 20.2. The van der Waals surface area contributed by atoms with Gasteiger partial charge in [0.05, 0.1) is 32.4 Å². The minimum absolute atomic E-state index is 0.352. The Bertz CT molecular complexity index is 940. The molecule has 27 heavy (non-hydrogen) atoms. The van der Waals surface area contributed by atoms with Crippen molar-refractivity contribution < 1.29 is 22.7 Å². The van der Waals surface area contributed by atoms with Crippen molar-refractivity contribution in [1.29, 1.82) is 0 Å². The lowest BCUT2D eigenvalue weighted by Crippen LogP contribution is -2.25. The average molecular weight is 391 g/mol. The third-order valence-corrected chi connectivity index (χ3v) is 4.98. The molecule has 2 rings (SSSR count). The van der Waals surface area contributed by atoms with Crippen LogP contribution in [0.1, 0.15) is 15.9 Å². The number of amides is 1. The molecule has 0 fully saturated rings. The van der Waals surface area contributed by atoms with E-state index >= 15 is 0 Å². The minimum Gasteiger partial charge on any atom is -0.493 e. The molecule has 0 heterocycles. The van der Waals surface area contributed by atoms with E-state index in [0.29, 0.717) is 22.7 Å². The topological polar surface area (TPSA) is 97.3 Å². The van der Waals surface area contributed by atoms with Crippen LogP contribution in [-0.4, -0.2) is 48.1 Å². The van der Waals surface area contributed by atoms with Gasteiger partial charge in [-0.3, -0.25) is 9.10 Å². The molecule has 2 aromatic rings. The Kier molecular flexibility index (Phi) is 6.40. The van der Waals surface area contributed by atoms with E-state index in [4.69, 9.17) is 9.47 Å². The van der Waals surface area contributed by atoms with Gasteiger partial charge in [0, 0.05) is 12.6 Å². The predicted molar refractivity (Wildman–Crippen MR) is 104 cm³/mol. The Morgan fingerprint density at radius 3 is 2.26 bits per heavy atom. The zero-order valence-electron chi connectivity index (χ0n) is 15.5. The molecule has 1 amide bonds. The fourth-order valence-corrected chi connectivity index (χ4v) is 2.68. The molecule has 0 bridgehead atoms. The van der Waals surface area contributed by atoms with E-state index in [2.05, 4.69) is 10.5 Å². The van der Waals surface area contributed by atoms with Gasteiger partial charge in [0.2, 0.25) is 10.0 Å². The number of sulfonamides is 1. The van der Waals surface area contributed by atoms with Crippen LogP contribution < -0.4 is 19.2 Å². The molecule has 0 aliphatic heterocycles. The van der Waals surface area contributed by atoms with Crippen molar-refractivity contribution in [2.24, 2.45) is 5.10 Å². The zero-order chi connectivity index (χ0) is 20.0. The second-order valence-corrected chi connectivity index (χ2v) is 7.60. The van der Waals surface area contributed by atoms with Crippen LogP contribution >= 0.6 is 0 Å². The molecule has 144 valence electrons. The van der Waals surface area contributed by atoms with E-state index in [0.717, 1.165) is 16.1 Å². The Morgan fingerprint density at radius 2 is 1.70 bits per heavy atom. The summed E-state index contributed by atoms with van der Waals surface area (Å²) in [4.78, 5) is 12.1. The average Bonchev–Trinajstić information content (AvgIpc) is 2.66. The molecule has 0 aromatic heterocycles. The highest BCUT2D eigenvalue weighted by Crippen LogP contribution is 2.26. The van der Waals surface area contributed by atoms with Gasteiger partial charge in [-0.1, -0.05) is 0 Å². The fourth-order valence-electron chi connectivity index (χ4n) is 2.18. The zero-order valence-corrected chi connectivity index (χ0v) is 16.3. The highest BCUT2D eigenvalue weighted by molar-refractivity contribution is 7.92. The normalized spacial score (nSPS) is 11.3. The maximum absolute atomic E-state index is 12.1. The molecule has 0 atom stereocenters. The van der Waals surface area contributed by atoms with Gasteiger partial charge in [0.15, 0.2) is 11.5 Å². The molecule has 0 aliphatic rings. The number of ether oxygens (including phenoxy) is 2. The number of nitrogens with zero attached hydrogens (tertiary/aromatic N) is 2. The summed E-state index contributed by atoms with van der Waals surface area (Å²) in [6.07, 6.45) is 2.59. The number of hydrazone groups is 1. The maximum atomic E-state index is 12.1. The molecule has 0 saturated heterocycles. The molecule has 0 saturated carbocycles. The van der Waals surface area contributed by atoms with Crippen molar-refractivity contribution in [3.63, 3.8) is 0 Å². The summed E-state index contributed by atoms with van der Waals surface area (Å²) < 4.78 is 34.5. The van der Waals surface area contributed by atoms with Gasteiger partial charge in [-0.15, -0.1) is 0 Å². The van der Waals surface area contributed by atoms with E-state index in [9.17, 15) is 13.2 Å². The second-order valence-electron chi connectivity index (χ2n) is 5.59. The molecular formula is C18H21N3O5S. The van der Waals surface area contributed by atoms with Crippen LogP contribution in [-0.2, 0) is 10.0 Å². The summed E-state index contributed by atoms with van der Waals surface area (Å²) >= 11 is 0. The standard InChI is InChI=1S/C18H21N3O5S/c1-21(27(4,23)24)15-8-6-14(7-9-15)18(22)20-19-12-13-5-10-16(25-2)17(11-13)26-3/h5-12H,1-4H3,(H,20,22)/b19-12-. The summed E-state index contributed by atoms with van der Waals surface area (Å²) in [6, 6.07) is 11.4. The number of nitrogens with one attached hydrogen (secondary N) is 1. The molecule has 0 aliphatic carbocycles. The fraction of sp³-hybridized carbons (Fsp3) is 0.222. The predicted octanol–water partition coefficient (Wildman–Crippen LogP) is 1.86. The van der Waals surface area contributed by atoms with Crippen molar-refractivity contribution in [2.45, 2.75) is 0 Å². The van der Waals surface area contributed by atoms with Crippen LogP contribution in [0.2, 0.25) is 0 Å². The smallest absolute Gasteiger partial charge is 0.271 e. The summed E-state index contributed by atoms with van der Waals surface area (Å²) in [5.41, 5.74) is 3.95. The Hall–Kier alpha value is -3.07. The number of rotatable bonds is 7. The van der Waals surface area contributed by atoms with Crippen LogP contribution in [0, 0.1) is 0 Å². The van der Waals surface area contributed by atoms with Crippen LogP contribution in [0.25, 0.3) is 0 Å². The monoisotopic (exact) mass is 391 g/mol. The summed E-state index contributed by atoms with van der Waals surface area (Å²) in [6.45, 7) is 0. The lowest BCUT2D eigenvalue weighted by atomic mass is 10.2. The number of hydrogen-bond acceptors (Lipinski definition) is 6. The first-order valence-corrected chi connectivity index (χ1v) is 9.70. The third-order valence-electron chi connectivity index (χ3n) is 3.78. The number of hydrogen-bond donors (Lipinski definition) is 1. The largest absolute Gasteiger partial charge is 0.493 e. The first-order chi connectivity index (χ1) is 12.8. The van der Waals surface area contributed by atoms with Gasteiger partial charge in [-0.25, -0.2) is 13.8 Å². The van der Waals surface area contributed by atoms with E-state index < -0.39 is 15.9 Å². The van der Waals surface area contributed by atoms with Gasteiger partial charge < -0.3 is 9.47 Å². The van der Waals surface area contributed by atoms with Gasteiger partial charge in [0.25, 0.3) is 5.91 Å². The van der Waals surface area contributed by atoms with Gasteiger partial charge in [0.1, 0.15) is 0 Å². The van der Waals surface area contributed by atoms with Gasteiger partial charge in [-0.05, 0) is 48.0 Å². The van der Waals surface area contributed by atoms with E-state index in [1.165, 1.54) is 32.5 Å². The number of benzene rings is 2. The van der Waals surface area contributed by atoms with Gasteiger partial charge in [-0.2, -0.15) is 5.10 Å². The second kappa shape index (κ2) is 8.54. The summed E-state index contributed by atoms with van der Waals surface area (Å²) in [7, 11) is 1.17. The summed E-state index contributed by atoms with van der Waals surface area (Å²) in [5, 5.41) is 3.92. The summed E-state index contributed by atoms with van der Waals surface area (Å²) in [5.74, 6) is 0.733. The lowest BCUT2D eigenvalue weighted by molar-refractivity contribution is 0.0955. The van der Waals surface area contributed by atoms with E-state index in [1.54, 1.807) is 37.4 Å². The number of methoxy groups -OCH3 is 2. The van der Waals surface area contributed by atoms with Crippen LogP contribution in [0.15, 0.2) is 47.6 Å². The minimum atomic E-state index is -3.35. The van der Waals surface area contributed by atoms with Gasteiger partial charge >= 0.3 is 0 Å². The third kappa shape index (κ3) is 5.20. The molecule has 1 N–H and O–H groups in total. The van der Waals surface area contributed by atoms with E-state index in [1.807, 2.05) is 0 Å². The molecule has 2 aromatic carbocycles. The number of anilines is 1. The molecule has 9 heteroatoms. The molecule has 0 spiro atoms.